The van der Waals surface area contributed by atoms with Crippen LogP contribution < -0.4 is 4.74 Å². The molecule has 18 heavy (non-hydrogen) atoms. The van der Waals surface area contributed by atoms with Gasteiger partial charge in [-0.2, -0.15) is 0 Å². The van der Waals surface area contributed by atoms with Gasteiger partial charge >= 0.3 is 5.97 Å². The first-order chi connectivity index (χ1) is 8.56. The van der Waals surface area contributed by atoms with Crippen molar-refractivity contribution in [2.45, 2.75) is 6.92 Å². The molecule has 0 aliphatic carbocycles. The second-order valence-corrected chi connectivity index (χ2v) is 4.48. The summed E-state index contributed by atoms with van der Waals surface area (Å²) in [5.74, 6) is 0.104. The molecule has 0 unspecified atom stereocenters. The standard InChI is InChI=1S/C14H9Cl2O2/c1-9(17)18-12-4-2-3-10(7-12)13-8-11(15)5-6-14(13)16/h2-5,7-8H,1H3. The number of rotatable bonds is 2. The van der Waals surface area contributed by atoms with E-state index in [0.29, 0.717) is 15.8 Å². The summed E-state index contributed by atoms with van der Waals surface area (Å²) in [7, 11) is 0. The first-order valence-corrected chi connectivity index (χ1v) is 5.97. The molecule has 0 aliphatic heterocycles. The van der Waals surface area contributed by atoms with E-state index in [-0.39, 0.29) is 5.97 Å². The molecule has 0 saturated carbocycles. The molecule has 2 aromatic rings. The van der Waals surface area contributed by atoms with Gasteiger partial charge in [-0.05, 0) is 29.8 Å². The molecule has 0 aliphatic rings. The lowest BCUT2D eigenvalue weighted by atomic mass is 10.1. The predicted molar refractivity (Wildman–Crippen MR) is 72.0 cm³/mol. The topological polar surface area (TPSA) is 26.3 Å². The van der Waals surface area contributed by atoms with Crippen molar-refractivity contribution in [1.29, 1.82) is 0 Å². The van der Waals surface area contributed by atoms with Crippen molar-refractivity contribution in [1.82, 2.24) is 0 Å². The Morgan fingerprint density at radius 1 is 1.28 bits per heavy atom. The zero-order chi connectivity index (χ0) is 13.1. The largest absolute Gasteiger partial charge is 0.427 e. The summed E-state index contributed by atoms with van der Waals surface area (Å²) >= 11 is 12.0. The molecule has 2 nitrogen and oxygen atoms in total. The van der Waals surface area contributed by atoms with Crippen molar-refractivity contribution >= 4 is 29.2 Å². The molecule has 0 saturated heterocycles. The third-order valence-electron chi connectivity index (χ3n) is 2.26. The number of esters is 1. The van der Waals surface area contributed by atoms with Crippen molar-refractivity contribution in [2.24, 2.45) is 0 Å². The van der Waals surface area contributed by atoms with Gasteiger partial charge in [0.05, 0.1) is 5.02 Å². The van der Waals surface area contributed by atoms with E-state index in [1.807, 2.05) is 6.07 Å². The molecule has 0 atom stereocenters. The van der Waals surface area contributed by atoms with Crippen LogP contribution in [0.3, 0.4) is 0 Å². The maximum absolute atomic E-state index is 10.9. The summed E-state index contributed by atoms with van der Waals surface area (Å²) in [6.07, 6.45) is 0. The van der Waals surface area contributed by atoms with Crippen LogP contribution in [0.1, 0.15) is 6.92 Å². The Hall–Kier alpha value is -1.51. The van der Waals surface area contributed by atoms with Gasteiger partial charge in [-0.3, -0.25) is 4.79 Å². The lowest BCUT2D eigenvalue weighted by molar-refractivity contribution is -0.131. The number of hydrogen-bond acceptors (Lipinski definition) is 2. The van der Waals surface area contributed by atoms with E-state index in [4.69, 9.17) is 27.9 Å². The number of carbonyl (C=O) groups excluding carboxylic acids is 1. The van der Waals surface area contributed by atoms with Gasteiger partial charge in [-0.25, -0.2) is 0 Å². The predicted octanol–water partition coefficient (Wildman–Crippen LogP) is 4.39. The summed E-state index contributed by atoms with van der Waals surface area (Å²) in [4.78, 5) is 10.9. The monoisotopic (exact) mass is 279 g/mol. The van der Waals surface area contributed by atoms with Crippen LogP contribution in [0.25, 0.3) is 11.1 Å². The third kappa shape index (κ3) is 3.03. The van der Waals surface area contributed by atoms with E-state index in [1.165, 1.54) is 6.92 Å². The van der Waals surface area contributed by atoms with Gasteiger partial charge in [0.1, 0.15) is 5.75 Å². The van der Waals surface area contributed by atoms with Gasteiger partial charge in [-0.15, -0.1) is 0 Å². The van der Waals surface area contributed by atoms with Crippen molar-refractivity contribution in [2.75, 3.05) is 0 Å². The first kappa shape index (κ1) is 12.9. The lowest BCUT2D eigenvalue weighted by Gasteiger charge is -2.07. The van der Waals surface area contributed by atoms with Crippen molar-refractivity contribution < 1.29 is 9.53 Å². The van der Waals surface area contributed by atoms with Crippen molar-refractivity contribution in [3.8, 4) is 16.9 Å². The van der Waals surface area contributed by atoms with Gasteiger partial charge in [0.25, 0.3) is 0 Å². The van der Waals surface area contributed by atoms with E-state index in [9.17, 15) is 4.79 Å². The van der Waals surface area contributed by atoms with E-state index in [0.717, 1.165) is 11.1 Å². The summed E-state index contributed by atoms with van der Waals surface area (Å²) in [6, 6.07) is 13.3. The van der Waals surface area contributed by atoms with Crippen LogP contribution in [0.2, 0.25) is 10.0 Å². The number of hydrogen-bond donors (Lipinski definition) is 0. The minimum atomic E-state index is -0.365. The average Bonchev–Trinajstić information content (AvgIpc) is 2.32. The van der Waals surface area contributed by atoms with Crippen LogP contribution in [0, 0.1) is 6.07 Å². The Bertz CT molecular complexity index is 594. The fourth-order valence-electron chi connectivity index (χ4n) is 1.56. The molecule has 0 bridgehead atoms. The fraction of sp³-hybridized carbons (Fsp3) is 0.0714. The molecule has 2 rings (SSSR count). The number of benzene rings is 2. The molecular weight excluding hydrogens is 271 g/mol. The van der Waals surface area contributed by atoms with Gasteiger partial charge in [0.2, 0.25) is 0 Å². The molecule has 0 fully saturated rings. The zero-order valence-electron chi connectivity index (χ0n) is 9.54. The third-order valence-corrected chi connectivity index (χ3v) is 2.79. The fourth-order valence-corrected chi connectivity index (χ4v) is 1.94. The maximum atomic E-state index is 10.9. The van der Waals surface area contributed by atoms with Crippen molar-refractivity contribution in [3.05, 3.63) is 52.5 Å². The first-order valence-electron chi connectivity index (χ1n) is 5.22. The molecule has 2 aromatic carbocycles. The van der Waals surface area contributed by atoms with Crippen LogP contribution in [0.5, 0.6) is 5.75 Å². The van der Waals surface area contributed by atoms with E-state index in [2.05, 4.69) is 6.07 Å². The van der Waals surface area contributed by atoms with Crippen LogP contribution in [-0.4, -0.2) is 5.97 Å². The molecule has 0 N–H and O–H groups in total. The average molecular weight is 280 g/mol. The minimum absolute atomic E-state index is 0.365. The zero-order valence-corrected chi connectivity index (χ0v) is 11.0. The highest BCUT2D eigenvalue weighted by atomic mass is 35.5. The molecule has 0 amide bonds. The van der Waals surface area contributed by atoms with Crippen LogP contribution >= 0.6 is 23.2 Å². The Morgan fingerprint density at radius 3 is 2.78 bits per heavy atom. The Kier molecular flexibility index (Phi) is 3.90. The van der Waals surface area contributed by atoms with E-state index < -0.39 is 0 Å². The second kappa shape index (κ2) is 5.42. The molecular formula is C14H9Cl2O2. The van der Waals surface area contributed by atoms with Gasteiger partial charge in [0, 0.05) is 23.6 Å². The summed E-state index contributed by atoms with van der Waals surface area (Å²) in [5.41, 5.74) is 1.57. The van der Waals surface area contributed by atoms with Crippen LogP contribution in [0.4, 0.5) is 0 Å². The molecule has 4 heteroatoms. The Balaban J connectivity index is 2.44. The normalized spacial score (nSPS) is 10.2. The van der Waals surface area contributed by atoms with Crippen molar-refractivity contribution in [3.63, 3.8) is 0 Å². The summed E-state index contributed by atoms with van der Waals surface area (Å²) in [5, 5.41) is 1.02. The number of ether oxygens (including phenoxy) is 1. The van der Waals surface area contributed by atoms with E-state index >= 15 is 0 Å². The molecule has 1 radical (unpaired) electrons. The van der Waals surface area contributed by atoms with Gasteiger partial charge in [0.15, 0.2) is 0 Å². The van der Waals surface area contributed by atoms with Crippen LogP contribution in [0.15, 0.2) is 36.4 Å². The highest BCUT2D eigenvalue weighted by Gasteiger charge is 2.06. The molecule has 0 heterocycles. The second-order valence-electron chi connectivity index (χ2n) is 3.67. The molecule has 0 spiro atoms. The van der Waals surface area contributed by atoms with Crippen LogP contribution in [-0.2, 0) is 4.79 Å². The van der Waals surface area contributed by atoms with Gasteiger partial charge in [-0.1, -0.05) is 35.3 Å². The lowest BCUT2D eigenvalue weighted by Crippen LogP contribution is -2.01. The number of carbonyl (C=O) groups is 1. The summed E-state index contributed by atoms with van der Waals surface area (Å²) < 4.78 is 5.02. The van der Waals surface area contributed by atoms with E-state index in [1.54, 1.807) is 30.3 Å². The summed E-state index contributed by atoms with van der Waals surface area (Å²) in [6.45, 7) is 1.35. The van der Waals surface area contributed by atoms with Gasteiger partial charge < -0.3 is 4.74 Å². The quantitative estimate of drug-likeness (QED) is 0.602. The highest BCUT2D eigenvalue weighted by Crippen LogP contribution is 2.31. The smallest absolute Gasteiger partial charge is 0.308 e. The SMILES string of the molecule is CC(=O)Oc1cccc(-c2cc(Cl)c[c]c2Cl)c1. The molecule has 0 aromatic heterocycles. The Morgan fingerprint density at radius 2 is 2.06 bits per heavy atom. The molecule has 91 valence electrons. The highest BCUT2D eigenvalue weighted by molar-refractivity contribution is 6.35. The maximum Gasteiger partial charge on any atom is 0.308 e. The Labute approximate surface area is 115 Å². The minimum Gasteiger partial charge on any atom is -0.427 e. The number of halogens is 2.